The first-order valence-electron chi connectivity index (χ1n) is 7.66. The molecule has 0 atom stereocenters. The number of carbonyl (C=O) groups is 1. The summed E-state index contributed by atoms with van der Waals surface area (Å²) in [5.74, 6) is -0.0647. The molecule has 118 valence electrons. The number of amides is 1. The van der Waals surface area contributed by atoms with Crippen molar-refractivity contribution < 1.29 is 9.53 Å². The van der Waals surface area contributed by atoms with E-state index >= 15 is 0 Å². The van der Waals surface area contributed by atoms with E-state index in [1.54, 1.807) is 0 Å². The van der Waals surface area contributed by atoms with Crippen molar-refractivity contribution in [1.82, 2.24) is 5.32 Å². The van der Waals surface area contributed by atoms with Crippen molar-refractivity contribution in [2.24, 2.45) is 0 Å². The van der Waals surface area contributed by atoms with Gasteiger partial charge >= 0.3 is 0 Å². The van der Waals surface area contributed by atoms with E-state index in [-0.39, 0.29) is 11.5 Å². The Morgan fingerprint density at radius 2 is 2.00 bits per heavy atom. The van der Waals surface area contributed by atoms with Crippen LogP contribution in [0.15, 0.2) is 18.2 Å². The largest absolute Gasteiger partial charge is 0.384 e. The summed E-state index contributed by atoms with van der Waals surface area (Å²) in [4.78, 5) is 12.4. The molecular formula is C17H28N2O2. The lowest BCUT2D eigenvalue weighted by molar-refractivity contribution is -0.00815. The maximum absolute atomic E-state index is 12.4. The van der Waals surface area contributed by atoms with Crippen LogP contribution < -0.4 is 10.6 Å². The second kappa shape index (κ2) is 8.03. The van der Waals surface area contributed by atoms with Crippen molar-refractivity contribution in [2.75, 3.05) is 25.0 Å². The van der Waals surface area contributed by atoms with Crippen molar-refractivity contribution in [3.63, 3.8) is 0 Å². The molecule has 1 rings (SSSR count). The molecule has 0 unspecified atom stereocenters. The standard InChI is InChI=1S/C17H28N2O2/c1-6-10-18-15-9-8-13(3)11-14(15)16(20)19-12-17(4,5)21-7-2/h8-9,11,18H,6-7,10,12H2,1-5H3,(H,19,20). The summed E-state index contributed by atoms with van der Waals surface area (Å²) in [7, 11) is 0. The summed E-state index contributed by atoms with van der Waals surface area (Å²) in [6.07, 6.45) is 1.02. The third-order valence-electron chi connectivity index (χ3n) is 3.19. The summed E-state index contributed by atoms with van der Waals surface area (Å²) < 4.78 is 5.60. The molecule has 1 aromatic carbocycles. The Morgan fingerprint density at radius 1 is 1.29 bits per heavy atom. The summed E-state index contributed by atoms with van der Waals surface area (Å²) >= 11 is 0. The molecule has 0 fully saturated rings. The fourth-order valence-electron chi connectivity index (χ4n) is 2.09. The van der Waals surface area contributed by atoms with E-state index in [0.717, 1.165) is 24.2 Å². The van der Waals surface area contributed by atoms with Crippen molar-refractivity contribution in [3.8, 4) is 0 Å². The van der Waals surface area contributed by atoms with Gasteiger partial charge in [-0.1, -0.05) is 18.6 Å². The van der Waals surface area contributed by atoms with Gasteiger partial charge in [-0.2, -0.15) is 0 Å². The third kappa shape index (κ3) is 5.76. The molecule has 21 heavy (non-hydrogen) atoms. The average Bonchev–Trinajstić information content (AvgIpc) is 2.43. The summed E-state index contributed by atoms with van der Waals surface area (Å²) in [6, 6.07) is 5.90. The highest BCUT2D eigenvalue weighted by Gasteiger charge is 2.20. The molecule has 1 aromatic rings. The van der Waals surface area contributed by atoms with Gasteiger partial charge in [-0.25, -0.2) is 0 Å². The molecule has 0 aromatic heterocycles. The monoisotopic (exact) mass is 292 g/mol. The Morgan fingerprint density at radius 3 is 2.62 bits per heavy atom. The maximum Gasteiger partial charge on any atom is 0.253 e. The highest BCUT2D eigenvalue weighted by Crippen LogP contribution is 2.18. The van der Waals surface area contributed by atoms with E-state index < -0.39 is 0 Å². The molecule has 4 nitrogen and oxygen atoms in total. The van der Waals surface area contributed by atoms with Crippen molar-refractivity contribution in [3.05, 3.63) is 29.3 Å². The lowest BCUT2D eigenvalue weighted by Crippen LogP contribution is -2.40. The van der Waals surface area contributed by atoms with Gasteiger partial charge in [-0.15, -0.1) is 0 Å². The summed E-state index contributed by atoms with van der Waals surface area (Å²) in [5, 5.41) is 6.27. The summed E-state index contributed by atoms with van der Waals surface area (Å²) in [5.41, 5.74) is 2.29. The molecule has 0 bridgehead atoms. The molecule has 0 radical (unpaired) electrons. The van der Waals surface area contributed by atoms with Crippen molar-refractivity contribution >= 4 is 11.6 Å². The number of aryl methyl sites for hydroxylation is 1. The predicted octanol–water partition coefficient (Wildman–Crippen LogP) is 3.36. The Bertz CT molecular complexity index is 470. The van der Waals surface area contributed by atoms with E-state index in [1.165, 1.54) is 0 Å². The normalized spacial score (nSPS) is 11.3. The van der Waals surface area contributed by atoms with Crippen LogP contribution in [0.2, 0.25) is 0 Å². The number of ether oxygens (including phenoxy) is 1. The van der Waals surface area contributed by atoms with Crippen LogP contribution in [-0.2, 0) is 4.74 Å². The maximum atomic E-state index is 12.4. The zero-order valence-corrected chi connectivity index (χ0v) is 13.9. The van der Waals surface area contributed by atoms with Crippen LogP contribution in [0.4, 0.5) is 5.69 Å². The zero-order chi connectivity index (χ0) is 15.9. The minimum Gasteiger partial charge on any atom is -0.384 e. The minimum absolute atomic E-state index is 0.0647. The number of nitrogens with one attached hydrogen (secondary N) is 2. The molecule has 2 N–H and O–H groups in total. The second-order valence-electron chi connectivity index (χ2n) is 5.85. The molecule has 0 aliphatic rings. The van der Waals surface area contributed by atoms with Gasteiger partial charge in [0.2, 0.25) is 0 Å². The van der Waals surface area contributed by atoms with Gasteiger partial charge in [0.25, 0.3) is 5.91 Å². The van der Waals surface area contributed by atoms with Gasteiger partial charge in [0.05, 0.1) is 11.2 Å². The van der Waals surface area contributed by atoms with E-state index in [9.17, 15) is 4.79 Å². The summed E-state index contributed by atoms with van der Waals surface area (Å²) in [6.45, 7) is 12.0. The first kappa shape index (κ1) is 17.5. The van der Waals surface area contributed by atoms with Crippen LogP contribution in [0.25, 0.3) is 0 Å². The van der Waals surface area contributed by atoms with Gasteiger partial charge in [0.15, 0.2) is 0 Å². The van der Waals surface area contributed by atoms with Gasteiger partial charge in [0, 0.05) is 25.4 Å². The van der Waals surface area contributed by atoms with Crippen LogP contribution in [0.1, 0.15) is 50.0 Å². The van der Waals surface area contributed by atoms with Crippen molar-refractivity contribution in [1.29, 1.82) is 0 Å². The van der Waals surface area contributed by atoms with Crippen LogP contribution in [-0.4, -0.2) is 31.2 Å². The number of hydrogen-bond donors (Lipinski definition) is 2. The second-order valence-corrected chi connectivity index (χ2v) is 5.85. The smallest absolute Gasteiger partial charge is 0.253 e. The quantitative estimate of drug-likeness (QED) is 0.772. The lowest BCUT2D eigenvalue weighted by Gasteiger charge is -2.25. The van der Waals surface area contributed by atoms with E-state index in [0.29, 0.717) is 18.7 Å². The topological polar surface area (TPSA) is 50.4 Å². The van der Waals surface area contributed by atoms with E-state index in [2.05, 4.69) is 17.6 Å². The fourth-order valence-corrected chi connectivity index (χ4v) is 2.09. The highest BCUT2D eigenvalue weighted by atomic mass is 16.5. The van der Waals surface area contributed by atoms with Gasteiger partial charge in [-0.3, -0.25) is 4.79 Å². The van der Waals surface area contributed by atoms with Gasteiger partial charge in [0.1, 0.15) is 0 Å². The third-order valence-corrected chi connectivity index (χ3v) is 3.19. The van der Waals surface area contributed by atoms with E-state index in [1.807, 2.05) is 45.9 Å². The number of rotatable bonds is 8. The average molecular weight is 292 g/mol. The van der Waals surface area contributed by atoms with Crippen LogP contribution in [0, 0.1) is 6.92 Å². The number of benzene rings is 1. The molecule has 0 aliphatic heterocycles. The highest BCUT2D eigenvalue weighted by molar-refractivity contribution is 5.99. The lowest BCUT2D eigenvalue weighted by atomic mass is 10.1. The van der Waals surface area contributed by atoms with Crippen molar-refractivity contribution in [2.45, 2.75) is 46.6 Å². The Balaban J connectivity index is 2.78. The first-order valence-corrected chi connectivity index (χ1v) is 7.66. The fraction of sp³-hybridized carbons (Fsp3) is 0.588. The number of carbonyl (C=O) groups excluding carboxylic acids is 1. The van der Waals surface area contributed by atoms with Gasteiger partial charge in [-0.05, 0) is 46.2 Å². The molecule has 0 aliphatic carbocycles. The molecular weight excluding hydrogens is 264 g/mol. The SMILES string of the molecule is CCCNc1ccc(C)cc1C(=O)NCC(C)(C)OCC. The van der Waals surface area contributed by atoms with Crippen LogP contribution >= 0.6 is 0 Å². The molecule has 4 heteroatoms. The predicted molar refractivity (Wildman–Crippen MR) is 88.0 cm³/mol. The van der Waals surface area contributed by atoms with Crippen LogP contribution in [0.3, 0.4) is 0 Å². The number of anilines is 1. The molecule has 0 heterocycles. The molecule has 0 saturated carbocycles. The van der Waals surface area contributed by atoms with E-state index in [4.69, 9.17) is 4.74 Å². The minimum atomic E-state index is -0.356. The molecule has 0 saturated heterocycles. The Labute approximate surface area is 128 Å². The first-order chi connectivity index (χ1) is 9.89. The molecule has 0 spiro atoms. The van der Waals surface area contributed by atoms with Crippen LogP contribution in [0.5, 0.6) is 0 Å². The number of hydrogen-bond acceptors (Lipinski definition) is 3. The zero-order valence-electron chi connectivity index (χ0n) is 13.9. The Kier molecular flexibility index (Phi) is 6.69. The molecule has 1 amide bonds. The van der Waals surface area contributed by atoms with Gasteiger partial charge < -0.3 is 15.4 Å². The Hall–Kier alpha value is -1.55.